The third-order valence-electron chi connectivity index (χ3n) is 4.40. The highest BCUT2D eigenvalue weighted by atomic mass is 79.9. The zero-order valence-corrected chi connectivity index (χ0v) is 18.6. The molecule has 2 aromatic carbocycles. The van der Waals surface area contributed by atoms with Gasteiger partial charge in [-0.25, -0.2) is 4.98 Å². The lowest BCUT2D eigenvalue weighted by Crippen LogP contribution is -2.12. The second kappa shape index (κ2) is 8.53. The molecule has 1 N–H and O–H groups in total. The Morgan fingerprint density at radius 1 is 1.28 bits per heavy atom. The number of para-hydroxylation sites is 1. The van der Waals surface area contributed by atoms with E-state index in [0.717, 1.165) is 26.2 Å². The number of anilines is 1. The van der Waals surface area contributed by atoms with E-state index in [1.165, 1.54) is 17.6 Å². The van der Waals surface area contributed by atoms with Crippen LogP contribution in [0.1, 0.15) is 21.7 Å². The summed E-state index contributed by atoms with van der Waals surface area (Å²) in [5, 5.41) is 4.14. The predicted octanol–water partition coefficient (Wildman–Crippen LogP) is 6.39. The molecule has 146 valence electrons. The number of hydrogen-bond acceptors (Lipinski definition) is 4. The number of halogens is 2. The molecule has 0 fully saturated rings. The Hall–Kier alpha value is -2.41. The van der Waals surface area contributed by atoms with Gasteiger partial charge < -0.3 is 4.74 Å². The lowest BCUT2D eigenvalue weighted by Gasteiger charge is -2.03. The van der Waals surface area contributed by atoms with Gasteiger partial charge in [0.05, 0.1) is 17.0 Å². The highest BCUT2D eigenvalue weighted by Crippen LogP contribution is 2.29. The fourth-order valence-corrected chi connectivity index (χ4v) is 4.34. The Labute approximate surface area is 186 Å². The number of amides is 1. The smallest absolute Gasteiger partial charge is 0.257 e. The van der Waals surface area contributed by atoms with Crippen LogP contribution in [0.15, 0.2) is 64.8 Å². The van der Waals surface area contributed by atoms with E-state index in [9.17, 15) is 4.79 Å². The maximum atomic E-state index is 12.7. The molecule has 3 aromatic rings. The van der Waals surface area contributed by atoms with Gasteiger partial charge in [0.15, 0.2) is 5.13 Å². The summed E-state index contributed by atoms with van der Waals surface area (Å²) in [6, 6.07) is 13.5. The zero-order chi connectivity index (χ0) is 20.4. The fourth-order valence-electron chi connectivity index (χ4n) is 2.89. The number of rotatable bonds is 4. The molecule has 1 amide bonds. The predicted molar refractivity (Wildman–Crippen MR) is 122 cm³/mol. The van der Waals surface area contributed by atoms with Crippen molar-refractivity contribution in [3.63, 3.8) is 0 Å². The van der Waals surface area contributed by atoms with E-state index in [2.05, 4.69) is 26.2 Å². The number of ether oxygens (including phenoxy) is 1. The number of hydrogen-bond donors (Lipinski definition) is 1. The van der Waals surface area contributed by atoms with Crippen molar-refractivity contribution in [2.45, 2.75) is 13.3 Å². The molecular weight excluding hydrogens is 472 g/mol. The number of aryl methyl sites for hydroxylation is 1. The first-order valence-corrected chi connectivity index (χ1v) is 10.8. The molecular formula is C22H16BrClN2O2S. The summed E-state index contributed by atoms with van der Waals surface area (Å²) in [4.78, 5) is 18.3. The Morgan fingerprint density at radius 2 is 2.10 bits per heavy atom. The van der Waals surface area contributed by atoms with Crippen LogP contribution < -0.4 is 10.1 Å². The number of thiazole rings is 1. The minimum absolute atomic E-state index is 0.228. The Balaban J connectivity index is 1.51. The Kier molecular flexibility index (Phi) is 5.85. The standard InChI is InChI=1S/C22H16BrClN2O2S/c1-13-20(11-14-6-7-17(23)18(24)10-14)29-22(25-13)26-21(27)16-8-9-28-19-5-3-2-4-15(19)12-16/h2-10,12H,11H2,1H3,(H,25,26,27). The molecule has 4 nitrogen and oxygen atoms in total. The number of benzene rings is 2. The summed E-state index contributed by atoms with van der Waals surface area (Å²) in [7, 11) is 0. The molecule has 1 aliphatic rings. The lowest BCUT2D eigenvalue weighted by molar-refractivity contribution is -0.112. The van der Waals surface area contributed by atoms with Gasteiger partial charge in [-0.15, -0.1) is 11.3 Å². The lowest BCUT2D eigenvalue weighted by atomic mass is 10.1. The van der Waals surface area contributed by atoms with E-state index in [4.69, 9.17) is 16.3 Å². The first-order valence-electron chi connectivity index (χ1n) is 8.85. The van der Waals surface area contributed by atoms with Gasteiger partial charge in [0.25, 0.3) is 5.91 Å². The van der Waals surface area contributed by atoms with E-state index in [1.807, 2.05) is 49.4 Å². The van der Waals surface area contributed by atoms with E-state index in [-0.39, 0.29) is 5.91 Å². The quantitative estimate of drug-likeness (QED) is 0.464. The van der Waals surface area contributed by atoms with Crippen molar-refractivity contribution in [3.8, 4) is 5.75 Å². The van der Waals surface area contributed by atoms with Crippen LogP contribution >= 0.6 is 38.9 Å². The molecule has 0 spiro atoms. The number of carbonyl (C=O) groups is 1. The normalized spacial score (nSPS) is 12.6. The minimum Gasteiger partial charge on any atom is -0.464 e. The molecule has 0 radical (unpaired) electrons. The SMILES string of the molecule is Cc1nc(NC(=O)C2=Cc3ccccc3OC=C2)sc1Cc1ccc(Br)c(Cl)c1. The average Bonchev–Trinajstić information content (AvgIpc) is 2.90. The molecule has 29 heavy (non-hydrogen) atoms. The monoisotopic (exact) mass is 486 g/mol. The molecule has 0 saturated heterocycles. The maximum Gasteiger partial charge on any atom is 0.257 e. The summed E-state index contributed by atoms with van der Waals surface area (Å²) in [5.41, 5.74) is 3.34. The summed E-state index contributed by atoms with van der Waals surface area (Å²) < 4.78 is 6.41. The largest absolute Gasteiger partial charge is 0.464 e. The molecule has 0 unspecified atom stereocenters. The highest BCUT2D eigenvalue weighted by molar-refractivity contribution is 9.10. The van der Waals surface area contributed by atoms with Crippen molar-refractivity contribution >= 4 is 56.0 Å². The topological polar surface area (TPSA) is 51.2 Å². The first-order chi connectivity index (χ1) is 14.0. The van der Waals surface area contributed by atoms with Crippen LogP contribution in [0.2, 0.25) is 5.02 Å². The fraction of sp³-hybridized carbons (Fsp3) is 0.0909. The van der Waals surface area contributed by atoms with Crippen LogP contribution in [-0.4, -0.2) is 10.9 Å². The van der Waals surface area contributed by atoms with Gasteiger partial charge in [0.2, 0.25) is 0 Å². The van der Waals surface area contributed by atoms with Crippen molar-refractivity contribution in [2.75, 3.05) is 5.32 Å². The minimum atomic E-state index is -0.228. The van der Waals surface area contributed by atoms with Crippen LogP contribution in [0.5, 0.6) is 5.75 Å². The number of carbonyl (C=O) groups excluding carboxylic acids is 1. The number of nitrogens with one attached hydrogen (secondary N) is 1. The second-order valence-electron chi connectivity index (χ2n) is 6.47. The maximum absolute atomic E-state index is 12.7. The van der Waals surface area contributed by atoms with Crippen molar-refractivity contribution in [1.82, 2.24) is 4.98 Å². The van der Waals surface area contributed by atoms with Gasteiger partial charge in [-0.2, -0.15) is 0 Å². The van der Waals surface area contributed by atoms with Crippen molar-refractivity contribution in [3.05, 3.63) is 91.6 Å². The van der Waals surface area contributed by atoms with Crippen molar-refractivity contribution in [2.24, 2.45) is 0 Å². The summed E-state index contributed by atoms with van der Waals surface area (Å²) in [6.45, 7) is 1.94. The molecule has 2 heterocycles. The molecule has 0 saturated carbocycles. The van der Waals surface area contributed by atoms with Crippen molar-refractivity contribution < 1.29 is 9.53 Å². The zero-order valence-electron chi connectivity index (χ0n) is 15.4. The van der Waals surface area contributed by atoms with Crippen LogP contribution in [-0.2, 0) is 11.2 Å². The van der Waals surface area contributed by atoms with E-state index in [0.29, 0.717) is 27.9 Å². The first kappa shape index (κ1) is 19.9. The summed E-state index contributed by atoms with van der Waals surface area (Å²) in [5.74, 6) is 0.487. The Morgan fingerprint density at radius 3 is 2.93 bits per heavy atom. The van der Waals surface area contributed by atoms with Crippen LogP contribution in [0.25, 0.3) is 6.08 Å². The van der Waals surface area contributed by atoms with E-state index < -0.39 is 0 Å². The van der Waals surface area contributed by atoms with Gasteiger partial charge in [0.1, 0.15) is 5.75 Å². The second-order valence-corrected chi connectivity index (χ2v) is 8.81. The molecule has 1 aliphatic heterocycles. The van der Waals surface area contributed by atoms with Crippen molar-refractivity contribution in [1.29, 1.82) is 0 Å². The number of aromatic nitrogens is 1. The highest BCUT2D eigenvalue weighted by Gasteiger charge is 2.15. The summed E-state index contributed by atoms with van der Waals surface area (Å²) >= 11 is 11.1. The van der Waals surface area contributed by atoms with Gasteiger partial charge in [-0.1, -0.05) is 35.9 Å². The molecule has 0 atom stereocenters. The molecule has 1 aromatic heterocycles. The van der Waals surface area contributed by atoms with E-state index in [1.54, 1.807) is 12.2 Å². The molecule has 4 rings (SSSR count). The van der Waals surface area contributed by atoms with Gasteiger partial charge >= 0.3 is 0 Å². The Bertz CT molecular complexity index is 1150. The number of fused-ring (bicyclic) bond motifs is 1. The van der Waals surface area contributed by atoms with Crippen LogP contribution in [0, 0.1) is 6.92 Å². The van der Waals surface area contributed by atoms with Crippen LogP contribution in [0.3, 0.4) is 0 Å². The third-order valence-corrected chi connectivity index (χ3v) is 6.70. The van der Waals surface area contributed by atoms with Gasteiger partial charge in [-0.05, 0) is 58.8 Å². The van der Waals surface area contributed by atoms with Gasteiger partial charge in [-0.3, -0.25) is 10.1 Å². The molecule has 7 heteroatoms. The average molecular weight is 488 g/mol. The third kappa shape index (κ3) is 4.61. The van der Waals surface area contributed by atoms with E-state index >= 15 is 0 Å². The molecule has 0 bridgehead atoms. The summed E-state index contributed by atoms with van der Waals surface area (Å²) in [6.07, 6.45) is 5.68. The van der Waals surface area contributed by atoms with Crippen LogP contribution in [0.4, 0.5) is 5.13 Å². The molecule has 0 aliphatic carbocycles. The van der Waals surface area contributed by atoms with Gasteiger partial charge in [0, 0.05) is 26.9 Å². The number of nitrogens with zero attached hydrogens (tertiary/aromatic N) is 1.